The summed E-state index contributed by atoms with van der Waals surface area (Å²) in [6.07, 6.45) is 2.05. The summed E-state index contributed by atoms with van der Waals surface area (Å²) in [5.74, 6) is 1.00. The molecule has 0 aliphatic heterocycles. The molecule has 132 valence electrons. The van der Waals surface area contributed by atoms with Crippen LogP contribution < -0.4 is 0 Å². The van der Waals surface area contributed by atoms with Crippen LogP contribution in [0, 0.1) is 13.8 Å². The van der Waals surface area contributed by atoms with Crippen LogP contribution in [-0.2, 0) is 7.05 Å². The number of imidazole rings is 2. The first-order valence-electron chi connectivity index (χ1n) is 8.96. The molecule has 0 aliphatic carbocycles. The lowest BCUT2D eigenvalue weighted by atomic mass is 10.1. The normalized spacial score (nSPS) is 11.5. The van der Waals surface area contributed by atoms with Crippen LogP contribution in [0.5, 0.6) is 0 Å². The summed E-state index contributed by atoms with van der Waals surface area (Å²) in [6.45, 7) is 4.03. The first-order valence-corrected chi connectivity index (χ1v) is 8.96. The number of rotatable bonds is 2. The predicted octanol–water partition coefficient (Wildman–Crippen LogP) is 4.57. The summed E-state index contributed by atoms with van der Waals surface area (Å²) in [5.41, 5.74) is 7.92. The number of benzene rings is 1. The molecule has 0 unspecified atom stereocenters. The molecule has 0 bridgehead atoms. The molecule has 4 heterocycles. The Balaban J connectivity index is 1.84. The van der Waals surface area contributed by atoms with Crippen LogP contribution in [0.25, 0.3) is 39.3 Å². The lowest BCUT2D eigenvalue weighted by Gasteiger charge is -2.07. The van der Waals surface area contributed by atoms with E-state index in [1.54, 1.807) is 0 Å². The molecular formula is C22H19N5. The van der Waals surface area contributed by atoms with E-state index in [-0.39, 0.29) is 0 Å². The second-order valence-corrected chi connectivity index (χ2v) is 6.82. The Kier molecular flexibility index (Phi) is 3.37. The summed E-state index contributed by atoms with van der Waals surface area (Å²) >= 11 is 0. The molecule has 0 radical (unpaired) electrons. The van der Waals surface area contributed by atoms with E-state index in [0.717, 1.165) is 50.8 Å². The highest BCUT2D eigenvalue weighted by Crippen LogP contribution is 2.33. The van der Waals surface area contributed by atoms with Gasteiger partial charge in [-0.25, -0.2) is 9.97 Å². The summed E-state index contributed by atoms with van der Waals surface area (Å²) in [4.78, 5) is 14.2. The van der Waals surface area contributed by atoms with E-state index in [0.29, 0.717) is 0 Å². The first kappa shape index (κ1) is 15.8. The van der Waals surface area contributed by atoms with Crippen molar-refractivity contribution < 1.29 is 0 Å². The first-order chi connectivity index (χ1) is 13.1. The van der Waals surface area contributed by atoms with Crippen LogP contribution in [0.15, 0.2) is 60.8 Å². The van der Waals surface area contributed by atoms with Crippen molar-refractivity contribution in [3.63, 3.8) is 0 Å². The minimum Gasteiger partial charge on any atom is -0.331 e. The third-order valence-electron chi connectivity index (χ3n) is 5.04. The fourth-order valence-electron chi connectivity index (χ4n) is 3.58. The van der Waals surface area contributed by atoms with Gasteiger partial charge in [0.15, 0.2) is 0 Å². The largest absolute Gasteiger partial charge is 0.331 e. The molecule has 5 rings (SSSR count). The molecule has 0 N–H and O–H groups in total. The van der Waals surface area contributed by atoms with Gasteiger partial charge in [-0.3, -0.25) is 9.38 Å². The molecule has 5 nitrogen and oxygen atoms in total. The van der Waals surface area contributed by atoms with Crippen LogP contribution in [0.1, 0.15) is 11.5 Å². The molecule has 0 fully saturated rings. The minimum atomic E-state index is 0.884. The molecule has 1 aromatic carbocycles. The number of pyridine rings is 2. The van der Waals surface area contributed by atoms with E-state index in [2.05, 4.69) is 38.3 Å². The zero-order chi connectivity index (χ0) is 18.5. The van der Waals surface area contributed by atoms with E-state index in [4.69, 9.17) is 9.97 Å². The van der Waals surface area contributed by atoms with Crippen molar-refractivity contribution in [3.8, 4) is 22.6 Å². The fourth-order valence-corrected chi connectivity index (χ4v) is 3.58. The number of aromatic nitrogens is 5. The molecule has 0 saturated carbocycles. The van der Waals surface area contributed by atoms with Crippen LogP contribution in [0.3, 0.4) is 0 Å². The van der Waals surface area contributed by atoms with Gasteiger partial charge in [0.05, 0.1) is 22.4 Å². The monoisotopic (exact) mass is 353 g/mol. The third-order valence-corrected chi connectivity index (χ3v) is 5.04. The Morgan fingerprint density at radius 3 is 2.59 bits per heavy atom. The van der Waals surface area contributed by atoms with E-state index in [1.807, 2.05) is 57.3 Å². The van der Waals surface area contributed by atoms with Gasteiger partial charge in [-0.2, -0.15) is 0 Å². The minimum absolute atomic E-state index is 0.884. The van der Waals surface area contributed by atoms with Gasteiger partial charge in [-0.1, -0.05) is 18.2 Å². The van der Waals surface area contributed by atoms with Crippen molar-refractivity contribution in [1.29, 1.82) is 0 Å². The Bertz CT molecular complexity index is 1310. The summed E-state index contributed by atoms with van der Waals surface area (Å²) < 4.78 is 4.25. The van der Waals surface area contributed by atoms with Gasteiger partial charge in [0.2, 0.25) is 0 Å². The van der Waals surface area contributed by atoms with Crippen molar-refractivity contribution in [2.75, 3.05) is 0 Å². The summed E-state index contributed by atoms with van der Waals surface area (Å²) in [7, 11) is 2.05. The van der Waals surface area contributed by atoms with Gasteiger partial charge in [-0.15, -0.1) is 0 Å². The molecule has 5 aromatic rings. The highest BCUT2D eigenvalue weighted by molar-refractivity contribution is 5.87. The molecule has 0 aliphatic rings. The Labute approximate surface area is 157 Å². The van der Waals surface area contributed by atoms with Crippen LogP contribution in [-0.4, -0.2) is 23.9 Å². The van der Waals surface area contributed by atoms with Crippen molar-refractivity contribution in [2.45, 2.75) is 13.8 Å². The SMILES string of the molecule is Cc1cccc(-c2nc3ccccn3c2-c2ccc3nc(C)n(C)c3c2)n1. The second kappa shape index (κ2) is 5.77. The zero-order valence-corrected chi connectivity index (χ0v) is 15.5. The number of fused-ring (bicyclic) bond motifs is 2. The van der Waals surface area contributed by atoms with Gasteiger partial charge >= 0.3 is 0 Å². The standard InChI is InChI=1S/C22H19N5/c1-14-7-6-8-18(23-14)21-22(27-12-5-4-9-20(27)25-21)16-10-11-17-19(13-16)26(3)15(2)24-17/h4-13H,1-3H3. The van der Waals surface area contributed by atoms with E-state index in [9.17, 15) is 0 Å². The Morgan fingerprint density at radius 1 is 0.852 bits per heavy atom. The van der Waals surface area contributed by atoms with Crippen LogP contribution >= 0.6 is 0 Å². The van der Waals surface area contributed by atoms with Crippen molar-refractivity contribution >= 4 is 16.7 Å². The van der Waals surface area contributed by atoms with Crippen molar-refractivity contribution in [2.24, 2.45) is 7.05 Å². The summed E-state index contributed by atoms with van der Waals surface area (Å²) in [6, 6.07) is 18.5. The van der Waals surface area contributed by atoms with Gasteiger partial charge in [0.1, 0.15) is 17.2 Å². The molecule has 0 saturated heterocycles. The van der Waals surface area contributed by atoms with E-state index < -0.39 is 0 Å². The zero-order valence-electron chi connectivity index (χ0n) is 15.5. The van der Waals surface area contributed by atoms with Crippen LogP contribution in [0.2, 0.25) is 0 Å². The number of nitrogens with zero attached hydrogens (tertiary/aromatic N) is 5. The van der Waals surface area contributed by atoms with Gasteiger partial charge in [0, 0.05) is 24.5 Å². The van der Waals surface area contributed by atoms with Crippen molar-refractivity contribution in [3.05, 3.63) is 72.3 Å². The van der Waals surface area contributed by atoms with Crippen molar-refractivity contribution in [1.82, 2.24) is 23.9 Å². The Morgan fingerprint density at radius 2 is 1.74 bits per heavy atom. The van der Waals surface area contributed by atoms with Gasteiger partial charge in [0.25, 0.3) is 0 Å². The lowest BCUT2D eigenvalue weighted by molar-refractivity contribution is 0.886. The quantitative estimate of drug-likeness (QED) is 0.467. The number of hydrogen-bond donors (Lipinski definition) is 0. The highest BCUT2D eigenvalue weighted by Gasteiger charge is 2.18. The van der Waals surface area contributed by atoms with Crippen LogP contribution in [0.4, 0.5) is 0 Å². The molecule has 4 aromatic heterocycles. The highest BCUT2D eigenvalue weighted by atomic mass is 15.1. The maximum Gasteiger partial charge on any atom is 0.138 e. The molecule has 0 atom stereocenters. The summed E-state index contributed by atoms with van der Waals surface area (Å²) in [5, 5.41) is 0. The lowest BCUT2D eigenvalue weighted by Crippen LogP contribution is -1.93. The molecule has 0 amide bonds. The maximum atomic E-state index is 4.89. The smallest absolute Gasteiger partial charge is 0.138 e. The Hall–Kier alpha value is -3.47. The van der Waals surface area contributed by atoms with E-state index >= 15 is 0 Å². The average Bonchev–Trinajstić information content (AvgIpc) is 3.20. The maximum absolute atomic E-state index is 4.89. The predicted molar refractivity (Wildman–Crippen MR) is 108 cm³/mol. The fraction of sp³-hybridized carbons (Fsp3) is 0.136. The van der Waals surface area contributed by atoms with E-state index in [1.165, 1.54) is 0 Å². The third kappa shape index (κ3) is 2.43. The average molecular weight is 353 g/mol. The molecular weight excluding hydrogens is 334 g/mol. The second-order valence-electron chi connectivity index (χ2n) is 6.82. The molecule has 0 spiro atoms. The van der Waals surface area contributed by atoms with Gasteiger partial charge in [-0.05, 0) is 50.2 Å². The van der Waals surface area contributed by atoms with Gasteiger partial charge < -0.3 is 4.57 Å². The molecule has 5 heteroatoms. The number of aryl methyl sites for hydroxylation is 3. The topological polar surface area (TPSA) is 48.0 Å². The number of hydrogen-bond acceptors (Lipinski definition) is 3. The molecule has 27 heavy (non-hydrogen) atoms.